The summed E-state index contributed by atoms with van der Waals surface area (Å²) in [5, 5.41) is 25.0. The van der Waals surface area contributed by atoms with E-state index in [1.807, 2.05) is 29.2 Å². The Bertz CT molecular complexity index is 2470. The number of hydrogen-bond acceptors (Lipinski definition) is 11. The lowest BCUT2D eigenvalue weighted by Crippen LogP contribution is -2.58. The smallest absolute Gasteiger partial charge is 0.266 e. The van der Waals surface area contributed by atoms with Crippen LogP contribution in [0.15, 0.2) is 54.7 Å². The zero-order chi connectivity index (χ0) is 51.5. The highest BCUT2D eigenvalue weighted by molar-refractivity contribution is 5.94. The van der Waals surface area contributed by atoms with Crippen LogP contribution in [0.1, 0.15) is 150 Å². The van der Waals surface area contributed by atoms with Crippen molar-refractivity contribution < 1.29 is 32.8 Å². The Morgan fingerprint density at radius 3 is 2.38 bits per heavy atom. The van der Waals surface area contributed by atoms with Crippen LogP contribution in [-0.2, 0) is 30.4 Å². The molecule has 3 aromatic rings. The van der Waals surface area contributed by atoms with Crippen LogP contribution in [0.5, 0.6) is 0 Å². The number of nitrogens with one attached hydrogen (secondary N) is 5. The maximum atomic E-state index is 14.7. The predicted octanol–water partition coefficient (Wildman–Crippen LogP) is 6.94. The number of benzene rings is 1. The fraction of sp³-hybridized carbons (Fsp3) is 0.600. The highest BCUT2D eigenvalue weighted by Crippen LogP contribution is 2.37. The largest absolute Gasteiger partial charge is 0.351 e. The Morgan fingerprint density at radius 1 is 0.877 bits per heavy atom. The number of rotatable bonds is 19. The standard InChI is InChI=1S/C55H73F2N11O5/c1-36(59-2)52(71)65-51(40-14-6-5-7-15-40)54(73)68-34-42(32-45(68)53(72)62-44-18-12-16-39-13-10-11-17-43(39)44)61-49(69)19-8-3-4-9-20-50(70)66-26-22-38(23-27-66)41-30-47(63-46-29-37(33-58)21-25-60-46)64-48(31-41)67-28-24-55(56,57)35-67/h10-11,13,17,21,25,29-31,36,38,40,42,44-45,51,59H,3-9,12,14-16,18-20,22-24,26-28,32,34-35H2,1-2H3,(H,61,69)(H,62,72)(H,65,71)(H,60,63,64)/t36-,42-,44+,45-,51-/m0/s1. The van der Waals surface area contributed by atoms with Gasteiger partial charge in [0.05, 0.1) is 30.3 Å². The molecular formula is C55H73F2N11O5. The van der Waals surface area contributed by atoms with Gasteiger partial charge in [0, 0.05) is 57.7 Å². The van der Waals surface area contributed by atoms with Crippen LogP contribution in [0.25, 0.3) is 0 Å². The van der Waals surface area contributed by atoms with Gasteiger partial charge < -0.3 is 41.3 Å². The Hall–Kier alpha value is -6.22. The number of fused-ring (bicyclic) bond motifs is 1. The number of hydrogen-bond donors (Lipinski definition) is 5. The van der Waals surface area contributed by atoms with Gasteiger partial charge in [-0.1, -0.05) is 56.4 Å². The molecule has 0 spiro atoms. The van der Waals surface area contributed by atoms with Crippen LogP contribution in [0.4, 0.5) is 26.2 Å². The van der Waals surface area contributed by atoms with Crippen molar-refractivity contribution in [2.75, 3.05) is 50.0 Å². The first-order valence-corrected chi connectivity index (χ1v) is 26.8. The molecule has 3 aliphatic heterocycles. The molecular weight excluding hydrogens is 933 g/mol. The summed E-state index contributed by atoms with van der Waals surface area (Å²) in [5.41, 5.74) is 3.69. The summed E-state index contributed by atoms with van der Waals surface area (Å²) in [6, 6.07) is 14.5. The Labute approximate surface area is 428 Å². The number of pyridine rings is 2. The molecule has 2 aromatic heterocycles. The van der Waals surface area contributed by atoms with Crippen molar-refractivity contribution in [2.45, 2.75) is 165 Å². The Kier molecular flexibility index (Phi) is 17.9. The number of aromatic nitrogens is 2. The van der Waals surface area contributed by atoms with Gasteiger partial charge in [-0.25, -0.2) is 18.7 Å². The van der Waals surface area contributed by atoms with Crippen LogP contribution in [0, 0.1) is 17.2 Å². The van der Waals surface area contributed by atoms with E-state index < -0.39 is 36.6 Å². The normalized spacial score (nSPS) is 21.9. The number of nitriles is 1. The molecule has 1 saturated carbocycles. The average Bonchev–Trinajstić information content (AvgIpc) is 4.01. The van der Waals surface area contributed by atoms with E-state index in [9.17, 15) is 38.0 Å². The summed E-state index contributed by atoms with van der Waals surface area (Å²) in [6.07, 6.45) is 13.9. The average molecular weight is 1010 g/mol. The number of piperidine rings is 1. The minimum Gasteiger partial charge on any atom is -0.351 e. The number of halogens is 2. The monoisotopic (exact) mass is 1010 g/mol. The second-order valence-corrected chi connectivity index (χ2v) is 21.0. The third kappa shape index (κ3) is 13.9. The zero-order valence-electron chi connectivity index (χ0n) is 42.5. The summed E-state index contributed by atoms with van der Waals surface area (Å²) in [5.74, 6) is -2.27. The summed E-state index contributed by atoms with van der Waals surface area (Å²) in [4.78, 5) is 83.2. The third-order valence-corrected chi connectivity index (χ3v) is 15.8. The van der Waals surface area contributed by atoms with Crippen molar-refractivity contribution >= 4 is 47.0 Å². The maximum Gasteiger partial charge on any atom is 0.266 e. The molecule has 8 rings (SSSR count). The van der Waals surface area contributed by atoms with Crippen molar-refractivity contribution in [1.82, 2.24) is 41.0 Å². The number of nitrogens with zero attached hydrogens (tertiary/aromatic N) is 6. The topological polar surface area (TPSA) is 205 Å². The molecule has 3 saturated heterocycles. The van der Waals surface area contributed by atoms with Gasteiger partial charge in [-0.15, -0.1) is 0 Å². The van der Waals surface area contributed by atoms with E-state index in [-0.39, 0.29) is 79.8 Å². The van der Waals surface area contributed by atoms with E-state index in [2.05, 4.69) is 54.8 Å². The summed E-state index contributed by atoms with van der Waals surface area (Å²) < 4.78 is 28.6. The number of aryl methyl sites for hydroxylation is 1. The highest BCUT2D eigenvalue weighted by atomic mass is 19.3. The van der Waals surface area contributed by atoms with E-state index >= 15 is 0 Å². The van der Waals surface area contributed by atoms with Crippen LogP contribution in [-0.4, -0.2) is 119 Å². The van der Waals surface area contributed by atoms with E-state index in [0.717, 1.165) is 75.3 Å². The molecule has 5 heterocycles. The SMILES string of the molecule is CN[C@@H](C)C(=O)N[C@H](C(=O)N1C[C@@H](NC(=O)CCCCCCC(=O)N2CCC(c3cc(Nc4cc(C#N)ccn4)nc(N4CCC(F)(F)C4)c3)CC2)C[C@H]1C(=O)N[C@@H]1CCCc2ccccc21)C1CCCCC1. The number of anilines is 3. The molecule has 16 nitrogen and oxygen atoms in total. The van der Waals surface area contributed by atoms with Gasteiger partial charge in [0.2, 0.25) is 29.5 Å². The molecule has 5 amide bonds. The molecule has 2 aliphatic carbocycles. The third-order valence-electron chi connectivity index (χ3n) is 15.8. The molecule has 0 unspecified atom stereocenters. The maximum absolute atomic E-state index is 14.7. The molecule has 5 N–H and O–H groups in total. The molecule has 4 fully saturated rings. The van der Waals surface area contributed by atoms with Crippen LogP contribution < -0.4 is 31.5 Å². The van der Waals surface area contributed by atoms with Crippen molar-refractivity contribution in [2.24, 2.45) is 5.92 Å². The number of alkyl halides is 2. The van der Waals surface area contributed by atoms with Gasteiger partial charge in [0.1, 0.15) is 29.5 Å². The van der Waals surface area contributed by atoms with Crippen molar-refractivity contribution in [1.29, 1.82) is 5.26 Å². The van der Waals surface area contributed by atoms with Gasteiger partial charge >= 0.3 is 0 Å². The van der Waals surface area contributed by atoms with Gasteiger partial charge in [-0.05, 0) is 131 Å². The minimum absolute atomic E-state index is 0.0489. The number of amides is 5. The zero-order valence-corrected chi connectivity index (χ0v) is 42.5. The molecule has 18 heteroatoms. The summed E-state index contributed by atoms with van der Waals surface area (Å²) >= 11 is 0. The second-order valence-electron chi connectivity index (χ2n) is 21.0. The van der Waals surface area contributed by atoms with E-state index in [0.29, 0.717) is 68.2 Å². The van der Waals surface area contributed by atoms with E-state index in [1.165, 1.54) is 11.8 Å². The molecule has 5 atom stereocenters. The fourth-order valence-corrected chi connectivity index (χ4v) is 11.5. The first-order chi connectivity index (χ1) is 35.3. The summed E-state index contributed by atoms with van der Waals surface area (Å²) in [6.45, 7) is 2.85. The van der Waals surface area contributed by atoms with Gasteiger partial charge in [-0.3, -0.25) is 24.0 Å². The summed E-state index contributed by atoms with van der Waals surface area (Å²) in [7, 11) is 1.70. The van der Waals surface area contributed by atoms with Crippen LogP contribution in [0.2, 0.25) is 0 Å². The fourth-order valence-electron chi connectivity index (χ4n) is 11.5. The molecule has 1 aromatic carbocycles. The minimum atomic E-state index is -2.79. The van der Waals surface area contributed by atoms with Gasteiger partial charge in [0.15, 0.2) is 0 Å². The van der Waals surface area contributed by atoms with Crippen molar-refractivity contribution in [3.8, 4) is 6.07 Å². The molecule has 73 heavy (non-hydrogen) atoms. The van der Waals surface area contributed by atoms with E-state index in [4.69, 9.17) is 0 Å². The molecule has 0 radical (unpaired) electrons. The lowest BCUT2D eigenvalue weighted by atomic mass is 9.83. The van der Waals surface area contributed by atoms with Crippen molar-refractivity contribution in [3.05, 3.63) is 77.0 Å². The first kappa shape index (κ1) is 53.1. The number of carbonyl (C=O) groups is 5. The Morgan fingerprint density at radius 2 is 1.64 bits per heavy atom. The predicted molar refractivity (Wildman–Crippen MR) is 274 cm³/mol. The van der Waals surface area contributed by atoms with Crippen LogP contribution in [0.3, 0.4) is 0 Å². The first-order valence-electron chi connectivity index (χ1n) is 26.8. The van der Waals surface area contributed by atoms with Crippen LogP contribution >= 0.6 is 0 Å². The number of carbonyl (C=O) groups excluding carboxylic acids is 5. The van der Waals surface area contributed by atoms with E-state index in [1.54, 1.807) is 35.9 Å². The van der Waals surface area contributed by atoms with Gasteiger partial charge in [0.25, 0.3) is 5.92 Å². The number of unbranched alkanes of at least 4 members (excludes halogenated alkanes) is 3. The highest BCUT2D eigenvalue weighted by Gasteiger charge is 2.45. The molecule has 0 bridgehead atoms. The number of likely N-dealkylation sites (tertiary alicyclic amines) is 2. The number of likely N-dealkylation sites (N-methyl/N-ethyl adjacent to an activating group) is 1. The molecule has 5 aliphatic rings. The quantitative estimate of drug-likeness (QED) is 0.0779. The lowest BCUT2D eigenvalue weighted by molar-refractivity contribution is -0.143. The lowest BCUT2D eigenvalue weighted by Gasteiger charge is -2.35. The van der Waals surface area contributed by atoms with Gasteiger partial charge in [-0.2, -0.15) is 5.26 Å². The second kappa shape index (κ2) is 24.7. The Balaban J connectivity index is 0.812. The molecule has 392 valence electrons. The van der Waals surface area contributed by atoms with Crippen molar-refractivity contribution in [3.63, 3.8) is 0 Å².